The number of rotatable bonds is 3. The van der Waals surface area contributed by atoms with Crippen LogP contribution < -0.4 is 4.90 Å². The van der Waals surface area contributed by atoms with E-state index in [1.165, 1.54) is 18.0 Å². The number of imide groups is 1. The maximum atomic E-state index is 12.5. The van der Waals surface area contributed by atoms with E-state index in [4.69, 9.17) is 11.6 Å². The predicted octanol–water partition coefficient (Wildman–Crippen LogP) is 3.47. The van der Waals surface area contributed by atoms with Gasteiger partial charge in [0.1, 0.15) is 0 Å². The average molecular weight is 333 g/mol. The zero-order chi connectivity index (χ0) is 15.7. The summed E-state index contributed by atoms with van der Waals surface area (Å²) in [5, 5.41) is -0.267. The van der Waals surface area contributed by atoms with Crippen LogP contribution >= 0.6 is 23.4 Å². The van der Waals surface area contributed by atoms with Crippen molar-refractivity contribution in [1.82, 2.24) is 4.98 Å². The quantitative estimate of drug-likeness (QED) is 0.638. The molecule has 4 nitrogen and oxygen atoms in total. The summed E-state index contributed by atoms with van der Waals surface area (Å²) in [6, 6.07) is 11.2. The first kappa shape index (κ1) is 15.1. The molecule has 1 fully saturated rings. The van der Waals surface area contributed by atoms with Crippen molar-refractivity contribution in [2.45, 2.75) is 23.5 Å². The van der Waals surface area contributed by atoms with Crippen molar-refractivity contribution >= 4 is 40.9 Å². The Morgan fingerprint density at radius 2 is 1.95 bits per heavy atom. The minimum atomic E-state index is -0.425. The molecule has 0 unspecified atom stereocenters. The molecule has 1 aromatic heterocycles. The van der Waals surface area contributed by atoms with Crippen LogP contribution in [0.2, 0.25) is 5.15 Å². The molecule has 3 rings (SSSR count). The second kappa shape index (κ2) is 6.10. The highest BCUT2D eigenvalue weighted by Crippen LogP contribution is 2.35. The first-order chi connectivity index (χ1) is 10.6. The molecule has 6 heteroatoms. The molecule has 112 valence electrons. The standard InChI is InChI=1S/C16H13ClN2O2S/c1-10-4-6-11(7-5-10)22-13-9-14(20)19(16(13)21)12-3-2-8-18-15(12)17/h2-8,13H,9H2,1H3/t13-/m1/s1. The number of halogens is 1. The van der Waals surface area contributed by atoms with Crippen LogP contribution in [0.4, 0.5) is 5.69 Å². The van der Waals surface area contributed by atoms with Crippen molar-refractivity contribution < 1.29 is 9.59 Å². The maximum Gasteiger partial charge on any atom is 0.247 e. The van der Waals surface area contributed by atoms with Gasteiger partial charge in [0.2, 0.25) is 11.8 Å². The molecule has 0 bridgehead atoms. The summed E-state index contributed by atoms with van der Waals surface area (Å²) in [5.41, 5.74) is 1.51. The van der Waals surface area contributed by atoms with Gasteiger partial charge in [-0.1, -0.05) is 29.3 Å². The van der Waals surface area contributed by atoms with Gasteiger partial charge in [0.05, 0.1) is 10.9 Å². The van der Waals surface area contributed by atoms with Gasteiger partial charge in [-0.3, -0.25) is 9.59 Å². The number of pyridine rings is 1. The minimum absolute atomic E-state index is 0.158. The number of hydrogen-bond donors (Lipinski definition) is 0. The summed E-state index contributed by atoms with van der Waals surface area (Å²) in [7, 11) is 0. The highest BCUT2D eigenvalue weighted by Gasteiger charge is 2.41. The second-order valence-electron chi connectivity index (χ2n) is 5.00. The third-order valence-corrected chi connectivity index (χ3v) is 4.87. The van der Waals surface area contributed by atoms with Gasteiger partial charge in [-0.2, -0.15) is 0 Å². The maximum absolute atomic E-state index is 12.5. The molecule has 1 aromatic carbocycles. The van der Waals surface area contributed by atoms with E-state index in [9.17, 15) is 9.59 Å². The Balaban J connectivity index is 1.82. The lowest BCUT2D eigenvalue weighted by Gasteiger charge is -2.15. The highest BCUT2D eigenvalue weighted by atomic mass is 35.5. The van der Waals surface area contributed by atoms with Crippen LogP contribution in [-0.2, 0) is 9.59 Å². The number of amides is 2. The lowest BCUT2D eigenvalue weighted by atomic mass is 10.2. The molecular weight excluding hydrogens is 320 g/mol. The smallest absolute Gasteiger partial charge is 0.247 e. The molecule has 0 radical (unpaired) electrons. The third kappa shape index (κ3) is 2.87. The number of hydrogen-bond acceptors (Lipinski definition) is 4. The van der Waals surface area contributed by atoms with Gasteiger partial charge in [-0.15, -0.1) is 11.8 Å². The zero-order valence-corrected chi connectivity index (χ0v) is 13.4. The van der Waals surface area contributed by atoms with E-state index in [1.807, 2.05) is 31.2 Å². The molecule has 22 heavy (non-hydrogen) atoms. The highest BCUT2D eigenvalue weighted by molar-refractivity contribution is 8.00. The van der Waals surface area contributed by atoms with Crippen LogP contribution in [0.25, 0.3) is 0 Å². The van der Waals surface area contributed by atoms with Crippen molar-refractivity contribution in [3.05, 3.63) is 53.3 Å². The third-order valence-electron chi connectivity index (χ3n) is 3.38. The van der Waals surface area contributed by atoms with Gasteiger partial charge in [0.25, 0.3) is 0 Å². The molecule has 0 saturated carbocycles. The molecule has 0 spiro atoms. The second-order valence-corrected chi connectivity index (χ2v) is 6.64. The molecule has 2 aromatic rings. The lowest BCUT2D eigenvalue weighted by molar-refractivity contribution is -0.121. The number of aryl methyl sites for hydroxylation is 1. The van der Waals surface area contributed by atoms with Gasteiger partial charge in [0.15, 0.2) is 5.15 Å². The van der Waals surface area contributed by atoms with Gasteiger partial charge >= 0.3 is 0 Å². The van der Waals surface area contributed by atoms with Gasteiger partial charge < -0.3 is 0 Å². The number of carbonyl (C=O) groups excluding carboxylic acids is 2. The molecule has 2 heterocycles. The van der Waals surface area contributed by atoms with Crippen molar-refractivity contribution in [1.29, 1.82) is 0 Å². The Bertz CT molecular complexity index is 733. The predicted molar refractivity (Wildman–Crippen MR) is 87.2 cm³/mol. The SMILES string of the molecule is Cc1ccc(S[C@@H]2CC(=O)N(c3cccnc3Cl)C2=O)cc1. The molecule has 1 atom stereocenters. The lowest BCUT2D eigenvalue weighted by Crippen LogP contribution is -2.31. The first-order valence-corrected chi connectivity index (χ1v) is 8.02. The summed E-state index contributed by atoms with van der Waals surface area (Å²) < 4.78 is 0. The number of anilines is 1. The topological polar surface area (TPSA) is 50.3 Å². The Morgan fingerprint density at radius 3 is 2.64 bits per heavy atom. The normalized spacial score (nSPS) is 18.1. The molecular formula is C16H13ClN2O2S. The van der Waals surface area contributed by atoms with Gasteiger partial charge in [-0.05, 0) is 31.2 Å². The fourth-order valence-corrected chi connectivity index (χ4v) is 3.53. The summed E-state index contributed by atoms with van der Waals surface area (Å²) >= 11 is 7.40. The average Bonchev–Trinajstić information content (AvgIpc) is 2.77. The Labute approximate surface area is 137 Å². The number of aromatic nitrogens is 1. The van der Waals surface area contributed by atoms with E-state index in [0.29, 0.717) is 5.69 Å². The van der Waals surface area contributed by atoms with E-state index in [0.717, 1.165) is 15.4 Å². The van der Waals surface area contributed by atoms with Gasteiger partial charge in [0, 0.05) is 17.5 Å². The zero-order valence-electron chi connectivity index (χ0n) is 11.8. The molecule has 0 aliphatic carbocycles. The Hall–Kier alpha value is -1.85. The summed E-state index contributed by atoms with van der Waals surface area (Å²) in [4.78, 5) is 30.8. The Morgan fingerprint density at radius 1 is 1.23 bits per heavy atom. The molecule has 1 saturated heterocycles. The van der Waals surface area contributed by atoms with E-state index in [2.05, 4.69) is 4.98 Å². The van der Waals surface area contributed by atoms with Crippen LogP contribution in [0.5, 0.6) is 0 Å². The number of carbonyl (C=O) groups is 2. The van der Waals surface area contributed by atoms with E-state index < -0.39 is 5.25 Å². The van der Waals surface area contributed by atoms with Crippen LogP contribution in [0.3, 0.4) is 0 Å². The largest absolute Gasteiger partial charge is 0.274 e. The van der Waals surface area contributed by atoms with E-state index in [1.54, 1.807) is 12.1 Å². The fraction of sp³-hybridized carbons (Fsp3) is 0.188. The van der Waals surface area contributed by atoms with Crippen molar-refractivity contribution in [3.8, 4) is 0 Å². The molecule has 1 aliphatic rings. The number of thioether (sulfide) groups is 1. The van der Waals surface area contributed by atoms with E-state index >= 15 is 0 Å². The monoisotopic (exact) mass is 332 g/mol. The summed E-state index contributed by atoms with van der Waals surface area (Å²) in [5.74, 6) is -0.491. The minimum Gasteiger partial charge on any atom is -0.274 e. The summed E-state index contributed by atoms with van der Waals surface area (Å²) in [6.45, 7) is 2.00. The molecule has 2 amide bonds. The number of nitrogens with zero attached hydrogens (tertiary/aromatic N) is 2. The summed E-state index contributed by atoms with van der Waals surface area (Å²) in [6.07, 6.45) is 1.69. The fourth-order valence-electron chi connectivity index (χ4n) is 2.27. The van der Waals surface area contributed by atoms with Crippen molar-refractivity contribution in [3.63, 3.8) is 0 Å². The molecule has 1 aliphatic heterocycles. The van der Waals surface area contributed by atoms with Crippen LogP contribution in [-0.4, -0.2) is 22.0 Å². The van der Waals surface area contributed by atoms with Gasteiger partial charge in [-0.25, -0.2) is 9.88 Å². The van der Waals surface area contributed by atoms with Crippen molar-refractivity contribution in [2.24, 2.45) is 0 Å². The Kier molecular flexibility index (Phi) is 4.18. The van der Waals surface area contributed by atoms with Crippen LogP contribution in [0.1, 0.15) is 12.0 Å². The van der Waals surface area contributed by atoms with Crippen molar-refractivity contribution in [2.75, 3.05) is 4.90 Å². The van der Waals surface area contributed by atoms with Crippen LogP contribution in [0, 0.1) is 6.92 Å². The molecule has 0 N–H and O–H groups in total. The number of benzene rings is 1. The van der Waals surface area contributed by atoms with Crippen LogP contribution in [0.15, 0.2) is 47.5 Å². The van der Waals surface area contributed by atoms with E-state index in [-0.39, 0.29) is 23.4 Å². The first-order valence-electron chi connectivity index (χ1n) is 6.77.